The summed E-state index contributed by atoms with van der Waals surface area (Å²) in [5.41, 5.74) is 3.04. The molecule has 3 rings (SSSR count). The van der Waals surface area contributed by atoms with Crippen LogP contribution < -0.4 is 10.6 Å². The number of carboxylic acid groups (broad SMARTS) is 1. The average molecular weight is 455 g/mol. The van der Waals surface area contributed by atoms with Crippen molar-refractivity contribution in [2.24, 2.45) is 0 Å². The zero-order chi connectivity index (χ0) is 24.2. The second kappa shape index (κ2) is 10.0. The summed E-state index contributed by atoms with van der Waals surface area (Å²) in [7, 11) is 1.36. The lowest BCUT2D eigenvalue weighted by atomic mass is 9.97. The second-order valence-corrected chi connectivity index (χ2v) is 8.37. The molecule has 0 fully saturated rings. The molecular weight excluding hydrogens is 424 g/mol. The molecule has 3 atom stereocenters. The largest absolute Gasteiger partial charge is 0.480 e. The van der Waals surface area contributed by atoms with E-state index in [-0.39, 0.29) is 18.9 Å². The highest BCUT2D eigenvalue weighted by Crippen LogP contribution is 2.44. The standard InChI is InChI=1S/C25H30N2O6/c1-5-25(3,23(30)26-21(22(28)29)15(2)32-4)27-24(31)33-14-20-18-12-8-6-10-16(18)17-11-7-9-13-19(17)20/h6-13,15,20-21H,5,14H2,1-4H3,(H,26,30)(H,27,31)(H,28,29). The third-order valence-corrected chi connectivity index (χ3v) is 6.32. The highest BCUT2D eigenvalue weighted by molar-refractivity contribution is 5.92. The van der Waals surface area contributed by atoms with Crippen LogP contribution in [-0.2, 0) is 19.1 Å². The molecule has 33 heavy (non-hydrogen) atoms. The van der Waals surface area contributed by atoms with E-state index in [1.165, 1.54) is 14.0 Å². The Kier molecular flexibility index (Phi) is 7.38. The van der Waals surface area contributed by atoms with E-state index in [4.69, 9.17) is 9.47 Å². The zero-order valence-corrected chi connectivity index (χ0v) is 19.3. The van der Waals surface area contributed by atoms with Gasteiger partial charge < -0.3 is 25.2 Å². The van der Waals surface area contributed by atoms with Gasteiger partial charge in [-0.25, -0.2) is 9.59 Å². The highest BCUT2D eigenvalue weighted by Gasteiger charge is 2.38. The lowest BCUT2D eigenvalue weighted by Gasteiger charge is -2.30. The zero-order valence-electron chi connectivity index (χ0n) is 19.3. The number of carbonyl (C=O) groups excluding carboxylic acids is 2. The summed E-state index contributed by atoms with van der Waals surface area (Å²) < 4.78 is 10.6. The van der Waals surface area contributed by atoms with Gasteiger partial charge in [0.2, 0.25) is 5.91 Å². The Morgan fingerprint density at radius 3 is 2.09 bits per heavy atom. The molecule has 8 heteroatoms. The average Bonchev–Trinajstić information content (AvgIpc) is 3.14. The molecule has 176 valence electrons. The molecule has 0 bridgehead atoms. The van der Waals surface area contributed by atoms with Crippen molar-refractivity contribution < 1.29 is 29.0 Å². The van der Waals surface area contributed by atoms with Gasteiger partial charge in [-0.05, 0) is 42.5 Å². The van der Waals surface area contributed by atoms with E-state index in [1.807, 2.05) is 48.5 Å². The number of carbonyl (C=O) groups is 3. The maximum Gasteiger partial charge on any atom is 0.408 e. The molecule has 1 aliphatic carbocycles. The number of nitrogens with one attached hydrogen (secondary N) is 2. The van der Waals surface area contributed by atoms with E-state index >= 15 is 0 Å². The Hall–Kier alpha value is -3.39. The molecule has 0 aliphatic heterocycles. The number of carboxylic acids is 1. The molecule has 0 spiro atoms. The summed E-state index contributed by atoms with van der Waals surface area (Å²) in [4.78, 5) is 37.0. The fraction of sp³-hybridized carbons (Fsp3) is 0.400. The topological polar surface area (TPSA) is 114 Å². The van der Waals surface area contributed by atoms with Gasteiger partial charge >= 0.3 is 12.1 Å². The van der Waals surface area contributed by atoms with E-state index in [1.54, 1.807) is 13.8 Å². The van der Waals surface area contributed by atoms with Gasteiger partial charge in [0.25, 0.3) is 0 Å². The summed E-state index contributed by atoms with van der Waals surface area (Å²) in [6, 6.07) is 14.8. The van der Waals surface area contributed by atoms with E-state index < -0.39 is 35.7 Å². The molecule has 1 aliphatic rings. The Bertz CT molecular complexity index is 994. The monoisotopic (exact) mass is 454 g/mol. The highest BCUT2D eigenvalue weighted by atomic mass is 16.5. The van der Waals surface area contributed by atoms with Crippen molar-refractivity contribution in [3.8, 4) is 11.1 Å². The third kappa shape index (κ3) is 5.01. The molecule has 3 N–H and O–H groups in total. The number of fused-ring (bicyclic) bond motifs is 3. The van der Waals surface area contributed by atoms with Gasteiger partial charge in [-0.3, -0.25) is 4.79 Å². The number of aliphatic carboxylic acids is 1. The fourth-order valence-corrected chi connectivity index (χ4v) is 3.98. The van der Waals surface area contributed by atoms with Crippen molar-refractivity contribution in [3.63, 3.8) is 0 Å². The predicted octanol–water partition coefficient (Wildman–Crippen LogP) is 3.30. The fourth-order valence-electron chi connectivity index (χ4n) is 3.98. The summed E-state index contributed by atoms with van der Waals surface area (Å²) in [5, 5.41) is 14.5. The van der Waals surface area contributed by atoms with E-state index in [0.717, 1.165) is 22.3 Å². The normalized spacial score (nSPS) is 16.0. The first-order chi connectivity index (χ1) is 15.7. The van der Waals surface area contributed by atoms with Crippen LogP contribution in [0.25, 0.3) is 11.1 Å². The van der Waals surface area contributed by atoms with Crippen molar-refractivity contribution in [2.45, 2.75) is 50.8 Å². The van der Waals surface area contributed by atoms with Crippen molar-refractivity contribution in [2.75, 3.05) is 13.7 Å². The Morgan fingerprint density at radius 2 is 1.61 bits per heavy atom. The van der Waals surface area contributed by atoms with Gasteiger partial charge in [0.1, 0.15) is 12.1 Å². The maximum atomic E-state index is 12.9. The Balaban J connectivity index is 1.68. The molecule has 8 nitrogen and oxygen atoms in total. The minimum absolute atomic E-state index is 0.108. The van der Waals surface area contributed by atoms with Crippen LogP contribution in [0.3, 0.4) is 0 Å². The quantitative estimate of drug-likeness (QED) is 0.536. The minimum Gasteiger partial charge on any atom is -0.480 e. The van der Waals surface area contributed by atoms with Crippen LogP contribution >= 0.6 is 0 Å². The van der Waals surface area contributed by atoms with Gasteiger partial charge in [0.15, 0.2) is 6.04 Å². The summed E-state index contributed by atoms with van der Waals surface area (Å²) >= 11 is 0. The lowest BCUT2D eigenvalue weighted by molar-refractivity contribution is -0.146. The first-order valence-corrected chi connectivity index (χ1v) is 10.9. The number of benzene rings is 2. The molecule has 2 aromatic carbocycles. The number of ether oxygens (including phenoxy) is 2. The molecule has 3 unspecified atom stereocenters. The maximum absolute atomic E-state index is 12.9. The first kappa shape index (κ1) is 24.3. The van der Waals surface area contributed by atoms with Crippen LogP contribution in [0.1, 0.15) is 44.2 Å². The van der Waals surface area contributed by atoms with Gasteiger partial charge in [0.05, 0.1) is 6.10 Å². The van der Waals surface area contributed by atoms with Crippen LogP contribution in [0.15, 0.2) is 48.5 Å². The first-order valence-electron chi connectivity index (χ1n) is 10.9. The number of hydrogen-bond donors (Lipinski definition) is 3. The molecule has 2 aromatic rings. The third-order valence-electron chi connectivity index (χ3n) is 6.32. The van der Waals surface area contributed by atoms with Crippen molar-refractivity contribution in [1.29, 1.82) is 0 Å². The molecule has 0 heterocycles. The number of hydrogen-bond acceptors (Lipinski definition) is 5. The van der Waals surface area contributed by atoms with Gasteiger partial charge in [-0.1, -0.05) is 55.5 Å². The van der Waals surface area contributed by atoms with Gasteiger partial charge in [-0.2, -0.15) is 0 Å². The predicted molar refractivity (Wildman–Crippen MR) is 123 cm³/mol. The van der Waals surface area contributed by atoms with Crippen LogP contribution in [0, 0.1) is 0 Å². The molecule has 0 radical (unpaired) electrons. The summed E-state index contributed by atoms with van der Waals surface area (Å²) in [6.07, 6.45) is -1.26. The van der Waals surface area contributed by atoms with Crippen LogP contribution in [0.4, 0.5) is 4.79 Å². The van der Waals surface area contributed by atoms with Crippen molar-refractivity contribution in [1.82, 2.24) is 10.6 Å². The lowest BCUT2D eigenvalue weighted by Crippen LogP contribution is -2.61. The van der Waals surface area contributed by atoms with Crippen molar-refractivity contribution in [3.05, 3.63) is 59.7 Å². The van der Waals surface area contributed by atoms with E-state index in [9.17, 15) is 19.5 Å². The van der Waals surface area contributed by atoms with Gasteiger partial charge in [0, 0.05) is 13.0 Å². The second-order valence-electron chi connectivity index (χ2n) is 8.37. The number of methoxy groups -OCH3 is 1. The van der Waals surface area contributed by atoms with E-state index in [0.29, 0.717) is 0 Å². The molecular formula is C25H30N2O6. The Labute approximate surface area is 193 Å². The smallest absolute Gasteiger partial charge is 0.408 e. The molecule has 0 saturated heterocycles. The Morgan fingerprint density at radius 1 is 1.06 bits per heavy atom. The summed E-state index contributed by atoms with van der Waals surface area (Å²) in [5.74, 6) is -1.96. The van der Waals surface area contributed by atoms with Crippen molar-refractivity contribution >= 4 is 18.0 Å². The molecule has 2 amide bonds. The molecule has 0 saturated carbocycles. The number of rotatable bonds is 9. The minimum atomic E-state index is -1.36. The number of amides is 2. The van der Waals surface area contributed by atoms with Crippen LogP contribution in [0.2, 0.25) is 0 Å². The van der Waals surface area contributed by atoms with Crippen LogP contribution in [0.5, 0.6) is 0 Å². The summed E-state index contributed by atoms with van der Waals surface area (Å²) in [6.45, 7) is 4.90. The molecule has 0 aromatic heterocycles. The SMILES string of the molecule is CCC(C)(NC(=O)OCC1c2ccccc2-c2ccccc21)C(=O)NC(C(=O)O)C(C)OC. The van der Waals surface area contributed by atoms with E-state index in [2.05, 4.69) is 10.6 Å². The number of alkyl carbamates (subject to hydrolysis) is 1. The van der Waals surface area contributed by atoms with Gasteiger partial charge in [-0.15, -0.1) is 0 Å². The van der Waals surface area contributed by atoms with Crippen LogP contribution in [-0.4, -0.2) is 54.5 Å².